The van der Waals surface area contributed by atoms with Gasteiger partial charge in [0, 0.05) is 38.2 Å². The fourth-order valence-electron chi connectivity index (χ4n) is 5.28. The minimum absolute atomic E-state index is 0.0636. The van der Waals surface area contributed by atoms with Gasteiger partial charge in [0.15, 0.2) is 5.82 Å². The predicted molar refractivity (Wildman–Crippen MR) is 123 cm³/mol. The number of hydrogen-bond acceptors (Lipinski definition) is 5. The number of pyridine rings is 1. The zero-order valence-electron chi connectivity index (χ0n) is 19.9. The number of halogens is 7. The number of fused-ring (bicyclic) bond motifs is 2. The van der Waals surface area contributed by atoms with Crippen molar-refractivity contribution >= 4 is 34.1 Å². The van der Waals surface area contributed by atoms with Gasteiger partial charge < -0.3 is 19.6 Å². The predicted octanol–water partition coefficient (Wildman–Crippen LogP) is 4.26. The van der Waals surface area contributed by atoms with Crippen LogP contribution in [0.15, 0.2) is 24.4 Å². The Labute approximate surface area is 217 Å². The zero-order chi connectivity index (χ0) is 27.6. The molecule has 3 aromatic rings. The Bertz CT molecular complexity index is 1410. The fourth-order valence-corrected chi connectivity index (χ4v) is 5.59. The van der Waals surface area contributed by atoms with E-state index in [4.69, 9.17) is 11.6 Å². The SMILES string of the molecule is C[C@@H]1CN(c2c(Cl)c[n+]([O-])c3cc(C(F)(F)F)ccc23)CC[C@@H]1C(=O)N1CCn2c(nnc2C(F)(F)F)C1. The average molecular weight is 563 g/mol. The molecule has 0 bridgehead atoms. The maximum atomic E-state index is 13.3. The highest BCUT2D eigenvalue weighted by molar-refractivity contribution is 6.34. The number of rotatable bonds is 2. The molecule has 2 aromatic heterocycles. The number of aromatic nitrogens is 4. The van der Waals surface area contributed by atoms with Gasteiger partial charge in [0.25, 0.3) is 0 Å². The van der Waals surface area contributed by atoms with E-state index in [0.717, 1.165) is 22.9 Å². The van der Waals surface area contributed by atoms with Gasteiger partial charge in [-0.3, -0.25) is 4.79 Å². The highest BCUT2D eigenvalue weighted by Gasteiger charge is 2.42. The van der Waals surface area contributed by atoms with Crippen LogP contribution in [0.3, 0.4) is 0 Å². The first-order chi connectivity index (χ1) is 17.8. The Morgan fingerprint density at radius 1 is 1.11 bits per heavy atom. The van der Waals surface area contributed by atoms with Gasteiger partial charge in [-0.15, -0.1) is 10.2 Å². The maximum Gasteiger partial charge on any atom is 0.451 e. The van der Waals surface area contributed by atoms with Crippen LogP contribution in [0.2, 0.25) is 5.02 Å². The van der Waals surface area contributed by atoms with Gasteiger partial charge in [-0.25, -0.2) is 0 Å². The van der Waals surface area contributed by atoms with Gasteiger partial charge in [0.05, 0.1) is 23.2 Å². The summed E-state index contributed by atoms with van der Waals surface area (Å²) in [7, 11) is 0. The van der Waals surface area contributed by atoms with Crippen molar-refractivity contribution in [2.75, 3.05) is 24.5 Å². The third-order valence-electron chi connectivity index (χ3n) is 7.13. The molecule has 4 heterocycles. The van der Waals surface area contributed by atoms with Crippen LogP contribution in [0.4, 0.5) is 32.0 Å². The lowest BCUT2D eigenvalue weighted by molar-refractivity contribution is -0.576. The number of carbonyl (C=O) groups is 1. The van der Waals surface area contributed by atoms with Crippen LogP contribution in [0.25, 0.3) is 10.9 Å². The Hall–Kier alpha value is -3.29. The van der Waals surface area contributed by atoms with E-state index in [1.807, 2.05) is 11.8 Å². The molecule has 0 aliphatic carbocycles. The molecule has 0 N–H and O–H groups in total. The van der Waals surface area contributed by atoms with Gasteiger partial charge in [-0.1, -0.05) is 18.5 Å². The monoisotopic (exact) mass is 562 g/mol. The van der Waals surface area contributed by atoms with Crippen molar-refractivity contribution in [1.29, 1.82) is 0 Å². The molecule has 1 saturated heterocycles. The zero-order valence-corrected chi connectivity index (χ0v) is 20.6. The highest BCUT2D eigenvalue weighted by Crippen LogP contribution is 2.39. The van der Waals surface area contributed by atoms with Crippen molar-refractivity contribution in [3.63, 3.8) is 0 Å². The quantitative estimate of drug-likeness (QED) is 0.265. The molecule has 8 nitrogen and oxygen atoms in total. The van der Waals surface area contributed by atoms with Gasteiger partial charge in [-0.2, -0.15) is 31.1 Å². The molecule has 15 heteroatoms. The average Bonchev–Trinajstić information content (AvgIpc) is 3.27. The van der Waals surface area contributed by atoms with Crippen molar-refractivity contribution in [3.05, 3.63) is 51.8 Å². The number of hydrogen-bond donors (Lipinski definition) is 0. The number of anilines is 1. The van der Waals surface area contributed by atoms with Crippen LogP contribution < -0.4 is 9.63 Å². The van der Waals surface area contributed by atoms with Gasteiger partial charge in [0.1, 0.15) is 5.02 Å². The smallest absolute Gasteiger partial charge is 0.451 e. The summed E-state index contributed by atoms with van der Waals surface area (Å²) in [6.07, 6.45) is -7.87. The minimum Gasteiger partial charge on any atom is -0.618 e. The molecule has 204 valence electrons. The van der Waals surface area contributed by atoms with E-state index in [0.29, 0.717) is 29.9 Å². The molecule has 2 aliphatic rings. The third-order valence-corrected chi connectivity index (χ3v) is 7.41. The number of carbonyl (C=O) groups excluding carboxylic acids is 1. The maximum absolute atomic E-state index is 13.3. The number of alkyl halides is 6. The Morgan fingerprint density at radius 3 is 2.50 bits per heavy atom. The molecule has 1 amide bonds. The van der Waals surface area contributed by atoms with Crippen LogP contribution in [0, 0.1) is 17.0 Å². The topological polar surface area (TPSA) is 81.2 Å². The second kappa shape index (κ2) is 9.17. The summed E-state index contributed by atoms with van der Waals surface area (Å²) in [6, 6.07) is 2.89. The first-order valence-electron chi connectivity index (χ1n) is 11.7. The van der Waals surface area contributed by atoms with E-state index in [-0.39, 0.29) is 53.2 Å². The highest BCUT2D eigenvalue weighted by atomic mass is 35.5. The van der Waals surface area contributed by atoms with Crippen molar-refractivity contribution < 1.29 is 35.9 Å². The molecule has 0 unspecified atom stereocenters. The third kappa shape index (κ3) is 4.58. The summed E-state index contributed by atoms with van der Waals surface area (Å²) in [5.74, 6) is -1.89. The lowest BCUT2D eigenvalue weighted by Crippen LogP contribution is -2.49. The molecule has 0 radical (unpaired) electrons. The number of benzene rings is 1. The van der Waals surface area contributed by atoms with Crippen LogP contribution in [0.1, 0.15) is 30.6 Å². The number of piperidine rings is 1. The fraction of sp³-hybridized carbons (Fsp3) is 0.478. The van der Waals surface area contributed by atoms with E-state index in [2.05, 4.69) is 10.2 Å². The van der Waals surface area contributed by atoms with E-state index >= 15 is 0 Å². The first kappa shape index (κ1) is 26.3. The van der Waals surface area contributed by atoms with Crippen molar-refractivity contribution in [2.24, 2.45) is 11.8 Å². The van der Waals surface area contributed by atoms with Gasteiger partial charge in [0.2, 0.25) is 23.4 Å². The van der Waals surface area contributed by atoms with Crippen molar-refractivity contribution in [2.45, 2.75) is 38.8 Å². The summed E-state index contributed by atoms with van der Waals surface area (Å²) in [6.45, 7) is 2.43. The molecular weight excluding hydrogens is 542 g/mol. The van der Waals surface area contributed by atoms with Crippen molar-refractivity contribution in [3.8, 4) is 0 Å². The molecular formula is C23H21ClF6N6O2. The van der Waals surface area contributed by atoms with Gasteiger partial charge in [-0.05, 0) is 24.5 Å². The van der Waals surface area contributed by atoms with Crippen LogP contribution in [-0.4, -0.2) is 45.2 Å². The molecule has 2 atom stereocenters. The minimum atomic E-state index is -4.64. The summed E-state index contributed by atoms with van der Waals surface area (Å²) >= 11 is 6.37. The Balaban J connectivity index is 1.35. The molecule has 38 heavy (non-hydrogen) atoms. The van der Waals surface area contributed by atoms with Crippen LogP contribution in [0.5, 0.6) is 0 Å². The van der Waals surface area contributed by atoms with E-state index in [1.54, 1.807) is 0 Å². The molecule has 1 fully saturated rings. The standard InChI is InChI=1S/C23H21ClF6N6O2/c1-12-9-33(19-15-3-2-13(22(25,26)27)8-17(15)36(38)10-16(19)24)5-4-14(12)20(37)34-6-7-35-18(11-34)31-32-21(35)23(28,29)30/h2-3,8,10,12,14H,4-7,9,11H2,1H3/t12-,14+/m1/s1. The lowest BCUT2D eigenvalue weighted by atomic mass is 9.85. The summed E-state index contributed by atoms with van der Waals surface area (Å²) < 4.78 is 80.2. The largest absolute Gasteiger partial charge is 0.618 e. The summed E-state index contributed by atoms with van der Waals surface area (Å²) in [4.78, 5) is 16.6. The molecule has 0 saturated carbocycles. The van der Waals surface area contributed by atoms with E-state index < -0.39 is 29.7 Å². The van der Waals surface area contributed by atoms with Crippen LogP contribution in [-0.2, 0) is 30.2 Å². The molecule has 2 aliphatic heterocycles. The second-order valence-corrected chi connectivity index (χ2v) is 9.96. The second-order valence-electron chi connectivity index (χ2n) is 9.55. The van der Waals surface area contributed by atoms with Gasteiger partial charge >= 0.3 is 12.4 Å². The normalized spacial score (nSPS) is 20.6. The van der Waals surface area contributed by atoms with Crippen LogP contribution >= 0.6 is 11.6 Å². The Morgan fingerprint density at radius 2 is 1.84 bits per heavy atom. The number of amides is 1. The van der Waals surface area contributed by atoms with Crippen molar-refractivity contribution in [1.82, 2.24) is 19.7 Å². The lowest BCUT2D eigenvalue weighted by Gasteiger charge is -2.40. The van der Waals surface area contributed by atoms with E-state index in [9.17, 15) is 36.3 Å². The Kier molecular flexibility index (Phi) is 6.35. The number of nitrogens with zero attached hydrogens (tertiary/aromatic N) is 6. The summed E-state index contributed by atoms with van der Waals surface area (Å²) in [5.41, 5.74) is -0.730. The molecule has 1 aromatic carbocycles. The molecule has 0 spiro atoms. The molecule has 5 rings (SSSR count). The first-order valence-corrected chi connectivity index (χ1v) is 12.1. The van der Waals surface area contributed by atoms with E-state index in [1.165, 1.54) is 11.0 Å². The summed E-state index contributed by atoms with van der Waals surface area (Å²) in [5, 5.41) is 19.5.